The topological polar surface area (TPSA) is 70.2 Å². The molecule has 1 rings (SSSR count). The molecule has 0 aliphatic heterocycles. The minimum Gasteiger partial charge on any atom is -0.352 e. The summed E-state index contributed by atoms with van der Waals surface area (Å²) in [4.78, 5) is 22.6. The number of halogens is 1. The second kappa shape index (κ2) is 7.46. The van der Waals surface area contributed by atoms with E-state index in [-0.39, 0.29) is 36.7 Å². The van der Waals surface area contributed by atoms with E-state index in [0.717, 1.165) is 12.8 Å². The lowest BCUT2D eigenvalue weighted by atomic mass is 10.1. The first kappa shape index (κ1) is 15.2. The van der Waals surface area contributed by atoms with Gasteiger partial charge in [0.1, 0.15) is 0 Å². The van der Waals surface area contributed by atoms with E-state index in [1.807, 2.05) is 6.92 Å². The van der Waals surface area contributed by atoms with Gasteiger partial charge in [0.25, 0.3) is 0 Å². The highest BCUT2D eigenvalue weighted by molar-refractivity contribution is 5.86. The van der Waals surface area contributed by atoms with E-state index in [1.165, 1.54) is 0 Å². The molecule has 1 saturated carbocycles. The monoisotopic (exact) mass is 249 g/mol. The zero-order valence-corrected chi connectivity index (χ0v) is 10.5. The predicted molar refractivity (Wildman–Crippen MR) is 64.5 cm³/mol. The van der Waals surface area contributed by atoms with E-state index in [2.05, 4.69) is 16.0 Å². The van der Waals surface area contributed by atoms with Crippen LogP contribution in [0.2, 0.25) is 0 Å². The van der Waals surface area contributed by atoms with Gasteiger partial charge in [-0.1, -0.05) is 6.92 Å². The summed E-state index contributed by atoms with van der Waals surface area (Å²) in [6.07, 6.45) is 2.13. The van der Waals surface area contributed by atoms with E-state index < -0.39 is 0 Å². The third-order valence-corrected chi connectivity index (χ3v) is 2.32. The Bertz CT molecular complexity index is 244. The quantitative estimate of drug-likeness (QED) is 0.603. The van der Waals surface area contributed by atoms with Crippen molar-refractivity contribution in [1.29, 1.82) is 0 Å². The molecular weight excluding hydrogens is 230 g/mol. The molecule has 1 atom stereocenters. The number of nitrogens with one attached hydrogen (secondary N) is 3. The van der Waals surface area contributed by atoms with Crippen LogP contribution in [0.5, 0.6) is 0 Å². The Morgan fingerprint density at radius 2 is 2.00 bits per heavy atom. The highest BCUT2D eigenvalue weighted by Crippen LogP contribution is 2.18. The Hall–Kier alpha value is -0.810. The molecule has 1 aliphatic carbocycles. The van der Waals surface area contributed by atoms with Crippen molar-refractivity contribution in [1.82, 2.24) is 16.0 Å². The van der Waals surface area contributed by atoms with Crippen LogP contribution in [0, 0.1) is 5.92 Å². The Balaban J connectivity index is 0.00000225. The Labute approximate surface area is 102 Å². The van der Waals surface area contributed by atoms with Crippen molar-refractivity contribution < 1.29 is 9.59 Å². The average molecular weight is 250 g/mol. The van der Waals surface area contributed by atoms with Gasteiger partial charge in [0.2, 0.25) is 11.8 Å². The molecule has 6 heteroatoms. The Morgan fingerprint density at radius 1 is 1.38 bits per heavy atom. The molecule has 0 saturated heterocycles. The van der Waals surface area contributed by atoms with Gasteiger partial charge in [-0.2, -0.15) is 0 Å². The molecule has 0 bridgehead atoms. The molecular formula is C10H20ClN3O2. The van der Waals surface area contributed by atoms with Gasteiger partial charge < -0.3 is 16.0 Å². The second-order valence-electron chi connectivity index (χ2n) is 4.02. The zero-order chi connectivity index (χ0) is 11.3. The van der Waals surface area contributed by atoms with Gasteiger partial charge in [-0.05, 0) is 19.9 Å². The summed E-state index contributed by atoms with van der Waals surface area (Å²) in [7, 11) is 1.80. The van der Waals surface area contributed by atoms with Crippen LogP contribution in [0.15, 0.2) is 0 Å². The summed E-state index contributed by atoms with van der Waals surface area (Å²) in [5.41, 5.74) is 0. The first-order valence-corrected chi connectivity index (χ1v) is 5.35. The van der Waals surface area contributed by atoms with E-state index in [9.17, 15) is 9.59 Å². The fraction of sp³-hybridized carbons (Fsp3) is 0.800. The van der Waals surface area contributed by atoms with Crippen molar-refractivity contribution in [2.75, 3.05) is 20.1 Å². The molecule has 0 aromatic carbocycles. The molecule has 0 aromatic heterocycles. The number of amides is 2. The molecule has 1 fully saturated rings. The smallest absolute Gasteiger partial charge is 0.239 e. The van der Waals surface area contributed by atoms with Crippen LogP contribution in [0.1, 0.15) is 19.8 Å². The maximum Gasteiger partial charge on any atom is 0.239 e. The van der Waals surface area contributed by atoms with Crippen LogP contribution < -0.4 is 16.0 Å². The molecule has 2 amide bonds. The van der Waals surface area contributed by atoms with E-state index in [1.54, 1.807) is 7.05 Å². The van der Waals surface area contributed by atoms with Crippen molar-refractivity contribution in [3.05, 3.63) is 0 Å². The van der Waals surface area contributed by atoms with Gasteiger partial charge in [-0.25, -0.2) is 0 Å². The van der Waals surface area contributed by atoms with E-state index in [4.69, 9.17) is 0 Å². The van der Waals surface area contributed by atoms with Gasteiger partial charge >= 0.3 is 0 Å². The van der Waals surface area contributed by atoms with Crippen molar-refractivity contribution in [3.8, 4) is 0 Å². The number of hydrogen-bond acceptors (Lipinski definition) is 3. The lowest BCUT2D eigenvalue weighted by molar-refractivity contribution is -0.128. The normalized spacial score (nSPS) is 15.9. The predicted octanol–water partition coefficient (Wildman–Crippen LogP) is -0.341. The molecule has 3 N–H and O–H groups in total. The van der Waals surface area contributed by atoms with Crippen LogP contribution in [0.25, 0.3) is 0 Å². The summed E-state index contributed by atoms with van der Waals surface area (Å²) in [5, 5.41) is 8.34. The SMILES string of the molecule is CNCC(C)C(=O)NCC(=O)NC1CC1.Cl. The molecule has 0 aromatic rings. The number of hydrogen-bond donors (Lipinski definition) is 3. The molecule has 1 aliphatic rings. The Kier molecular flexibility index (Phi) is 7.08. The molecule has 0 heterocycles. The van der Waals surface area contributed by atoms with Crippen LogP contribution in [0.4, 0.5) is 0 Å². The molecule has 5 nitrogen and oxygen atoms in total. The lowest BCUT2D eigenvalue weighted by Gasteiger charge is -2.11. The highest BCUT2D eigenvalue weighted by Gasteiger charge is 2.23. The molecule has 1 unspecified atom stereocenters. The summed E-state index contributed by atoms with van der Waals surface area (Å²) in [6.45, 7) is 2.53. The summed E-state index contributed by atoms with van der Waals surface area (Å²) >= 11 is 0. The summed E-state index contributed by atoms with van der Waals surface area (Å²) in [5.74, 6) is -0.290. The fourth-order valence-electron chi connectivity index (χ4n) is 1.25. The van der Waals surface area contributed by atoms with Gasteiger partial charge in [0.15, 0.2) is 0 Å². The van der Waals surface area contributed by atoms with Crippen molar-refractivity contribution in [3.63, 3.8) is 0 Å². The van der Waals surface area contributed by atoms with Gasteiger partial charge in [0.05, 0.1) is 6.54 Å². The standard InChI is InChI=1S/C10H19N3O2.ClH/c1-7(5-11-2)10(15)12-6-9(14)13-8-3-4-8;/h7-8,11H,3-6H2,1-2H3,(H,12,15)(H,13,14);1H. The lowest BCUT2D eigenvalue weighted by Crippen LogP contribution is -2.41. The minimum absolute atomic E-state index is 0. The Morgan fingerprint density at radius 3 is 2.50 bits per heavy atom. The molecule has 0 radical (unpaired) electrons. The first-order valence-electron chi connectivity index (χ1n) is 5.35. The van der Waals surface area contributed by atoms with Gasteiger partial charge in [0, 0.05) is 18.5 Å². The van der Waals surface area contributed by atoms with Crippen LogP contribution >= 0.6 is 12.4 Å². The van der Waals surface area contributed by atoms with E-state index in [0.29, 0.717) is 12.6 Å². The second-order valence-corrected chi connectivity index (χ2v) is 4.02. The third kappa shape index (κ3) is 5.92. The average Bonchev–Trinajstić information content (AvgIpc) is 2.98. The van der Waals surface area contributed by atoms with Gasteiger partial charge in [-0.15, -0.1) is 12.4 Å². The molecule has 94 valence electrons. The minimum atomic E-state index is -0.108. The van der Waals surface area contributed by atoms with Crippen LogP contribution in [-0.2, 0) is 9.59 Å². The van der Waals surface area contributed by atoms with Crippen molar-refractivity contribution in [2.45, 2.75) is 25.8 Å². The molecule has 0 spiro atoms. The zero-order valence-electron chi connectivity index (χ0n) is 9.71. The summed E-state index contributed by atoms with van der Waals surface area (Å²) < 4.78 is 0. The number of carbonyl (C=O) groups excluding carboxylic acids is 2. The van der Waals surface area contributed by atoms with Crippen molar-refractivity contribution >= 4 is 24.2 Å². The van der Waals surface area contributed by atoms with Gasteiger partial charge in [-0.3, -0.25) is 9.59 Å². The highest BCUT2D eigenvalue weighted by atomic mass is 35.5. The maximum absolute atomic E-state index is 11.4. The molecule has 16 heavy (non-hydrogen) atoms. The van der Waals surface area contributed by atoms with E-state index >= 15 is 0 Å². The fourth-order valence-corrected chi connectivity index (χ4v) is 1.25. The largest absolute Gasteiger partial charge is 0.352 e. The number of rotatable bonds is 6. The maximum atomic E-state index is 11.4. The van der Waals surface area contributed by atoms with Crippen LogP contribution in [0.3, 0.4) is 0 Å². The van der Waals surface area contributed by atoms with Crippen LogP contribution in [-0.4, -0.2) is 38.0 Å². The first-order chi connectivity index (χ1) is 7.13. The third-order valence-electron chi connectivity index (χ3n) is 2.32. The number of carbonyl (C=O) groups is 2. The summed E-state index contributed by atoms with van der Waals surface area (Å²) in [6, 6.07) is 0.351. The van der Waals surface area contributed by atoms with Crippen molar-refractivity contribution in [2.24, 2.45) is 5.92 Å².